The largest absolute Gasteiger partial charge is 0.486 e. The van der Waals surface area contributed by atoms with Crippen LogP contribution in [0.2, 0.25) is 0 Å². The molecule has 0 saturated carbocycles. The van der Waals surface area contributed by atoms with Gasteiger partial charge in [-0.3, -0.25) is 4.79 Å². The minimum atomic E-state index is -0.0851. The van der Waals surface area contributed by atoms with Gasteiger partial charge in [0.1, 0.15) is 29.9 Å². The number of carbonyl (C=O) groups is 1. The van der Waals surface area contributed by atoms with Crippen molar-refractivity contribution in [1.29, 1.82) is 5.26 Å². The number of nitrogens with zero attached hydrogens (tertiary/aromatic N) is 4. The molecule has 0 atom stereocenters. The van der Waals surface area contributed by atoms with Crippen LogP contribution in [0.3, 0.4) is 0 Å². The number of anilines is 1. The highest BCUT2D eigenvalue weighted by Gasteiger charge is 2.27. The van der Waals surface area contributed by atoms with Gasteiger partial charge in [0.15, 0.2) is 12.4 Å². The lowest BCUT2D eigenvalue weighted by atomic mass is 10.3. The second-order valence-corrected chi connectivity index (χ2v) is 8.12. The van der Waals surface area contributed by atoms with Crippen molar-refractivity contribution >= 4 is 11.8 Å². The van der Waals surface area contributed by atoms with Crippen LogP contribution in [-0.4, -0.2) is 48.6 Å². The number of carbonyl (C=O) groups excluding carboxylic acids is 1. The molecule has 1 saturated heterocycles. The number of ether oxygens (including phenoxy) is 2. The summed E-state index contributed by atoms with van der Waals surface area (Å²) >= 11 is 0. The first-order valence-electron chi connectivity index (χ1n) is 11.6. The Balaban J connectivity index is 1.18. The van der Waals surface area contributed by atoms with Crippen LogP contribution in [0.1, 0.15) is 11.5 Å². The maximum absolute atomic E-state index is 12.5. The maximum Gasteiger partial charge on any atom is 0.266 e. The molecule has 0 aliphatic carbocycles. The summed E-state index contributed by atoms with van der Waals surface area (Å²) in [5.41, 5.74) is 0.177. The molecule has 0 N–H and O–H groups in total. The number of para-hydroxylation sites is 2. The molecule has 1 aliphatic rings. The lowest BCUT2D eigenvalue weighted by molar-refractivity contribution is -0.133. The standard InChI is InChI=1S/C27H24N4O5/c28-17-23-27(31-15-13-30(14-16-31)25(32)19-34-21-9-5-2-6-10-21)36-26(29-23)24-12-11-22(35-24)18-33-20-7-3-1-4-8-20/h1-12H,13-16,18-19H2. The van der Waals surface area contributed by atoms with Gasteiger partial charge in [0.2, 0.25) is 11.6 Å². The molecule has 9 heteroatoms. The van der Waals surface area contributed by atoms with E-state index in [1.165, 1.54) is 0 Å². The quantitative estimate of drug-likeness (QED) is 0.368. The van der Waals surface area contributed by atoms with Crippen LogP contribution in [0.25, 0.3) is 11.7 Å². The summed E-state index contributed by atoms with van der Waals surface area (Å²) in [5.74, 6) is 2.93. The highest BCUT2D eigenvalue weighted by atomic mass is 16.5. The Hall–Kier alpha value is -4.71. The molecule has 1 amide bonds. The van der Waals surface area contributed by atoms with Crippen LogP contribution >= 0.6 is 0 Å². The van der Waals surface area contributed by atoms with E-state index < -0.39 is 0 Å². The molecule has 2 aromatic carbocycles. The van der Waals surface area contributed by atoms with Crippen LogP contribution in [0.15, 0.2) is 81.6 Å². The second-order valence-electron chi connectivity index (χ2n) is 8.12. The zero-order valence-electron chi connectivity index (χ0n) is 19.5. The zero-order valence-corrected chi connectivity index (χ0v) is 19.5. The van der Waals surface area contributed by atoms with Gasteiger partial charge in [0.05, 0.1) is 0 Å². The predicted molar refractivity (Wildman–Crippen MR) is 130 cm³/mol. The molecule has 36 heavy (non-hydrogen) atoms. The molecule has 1 aliphatic heterocycles. The summed E-state index contributed by atoms with van der Waals surface area (Å²) in [6.07, 6.45) is 0. The molecular formula is C27H24N4O5. The van der Waals surface area contributed by atoms with Crippen molar-refractivity contribution in [2.45, 2.75) is 6.61 Å². The molecule has 9 nitrogen and oxygen atoms in total. The van der Waals surface area contributed by atoms with Crippen LogP contribution in [0.5, 0.6) is 11.5 Å². The Morgan fingerprint density at radius 2 is 1.56 bits per heavy atom. The molecule has 182 valence electrons. The van der Waals surface area contributed by atoms with E-state index in [0.717, 1.165) is 5.75 Å². The molecule has 0 radical (unpaired) electrons. The molecule has 0 spiro atoms. The summed E-state index contributed by atoms with van der Waals surface area (Å²) < 4.78 is 23.0. The van der Waals surface area contributed by atoms with Crippen molar-refractivity contribution in [2.75, 3.05) is 37.7 Å². The summed E-state index contributed by atoms with van der Waals surface area (Å²) in [4.78, 5) is 20.5. The Bertz CT molecular complexity index is 1340. The van der Waals surface area contributed by atoms with Crippen molar-refractivity contribution in [3.8, 4) is 29.2 Å². The summed E-state index contributed by atoms with van der Waals surface area (Å²) in [6, 6.07) is 24.3. The van der Waals surface area contributed by atoms with E-state index in [9.17, 15) is 10.1 Å². The third kappa shape index (κ3) is 5.33. The zero-order chi connectivity index (χ0) is 24.7. The van der Waals surface area contributed by atoms with Gasteiger partial charge in [-0.05, 0) is 36.4 Å². The van der Waals surface area contributed by atoms with Crippen molar-refractivity contribution in [3.05, 3.63) is 84.3 Å². The second kappa shape index (κ2) is 10.7. The third-order valence-corrected chi connectivity index (χ3v) is 5.74. The van der Waals surface area contributed by atoms with Crippen LogP contribution in [-0.2, 0) is 11.4 Å². The van der Waals surface area contributed by atoms with Crippen molar-refractivity contribution in [2.24, 2.45) is 0 Å². The number of nitriles is 1. The highest BCUT2D eigenvalue weighted by Crippen LogP contribution is 2.30. The molecular weight excluding hydrogens is 460 g/mol. The number of rotatable bonds is 8. The average molecular weight is 485 g/mol. The van der Waals surface area contributed by atoms with E-state index in [1.807, 2.05) is 65.6 Å². The maximum atomic E-state index is 12.5. The topological polar surface area (TPSA) is 105 Å². The van der Waals surface area contributed by atoms with Gasteiger partial charge in [0.25, 0.3) is 11.8 Å². The normalized spacial score (nSPS) is 13.3. The fraction of sp³-hybridized carbons (Fsp3) is 0.222. The SMILES string of the molecule is N#Cc1nc(-c2ccc(COc3ccccc3)o2)oc1N1CCN(C(=O)COc2ccccc2)CC1. The first-order chi connectivity index (χ1) is 17.7. The van der Waals surface area contributed by atoms with E-state index in [4.69, 9.17) is 18.3 Å². The number of amides is 1. The van der Waals surface area contributed by atoms with Crippen LogP contribution in [0.4, 0.5) is 5.88 Å². The number of hydrogen-bond acceptors (Lipinski definition) is 8. The molecule has 0 bridgehead atoms. The number of hydrogen-bond donors (Lipinski definition) is 0. The molecule has 3 heterocycles. The van der Waals surface area contributed by atoms with E-state index in [-0.39, 0.29) is 30.7 Å². The van der Waals surface area contributed by atoms with Crippen LogP contribution in [0, 0.1) is 11.3 Å². The van der Waals surface area contributed by atoms with E-state index >= 15 is 0 Å². The molecule has 1 fully saturated rings. The fourth-order valence-electron chi connectivity index (χ4n) is 3.86. The molecule has 5 rings (SSSR count). The van der Waals surface area contributed by atoms with Gasteiger partial charge < -0.3 is 28.1 Å². The van der Waals surface area contributed by atoms with E-state index in [0.29, 0.717) is 49.3 Å². The van der Waals surface area contributed by atoms with Crippen molar-refractivity contribution in [1.82, 2.24) is 9.88 Å². The minimum absolute atomic E-state index is 0.0191. The van der Waals surface area contributed by atoms with Crippen LogP contribution < -0.4 is 14.4 Å². The molecule has 2 aromatic heterocycles. The number of piperazine rings is 1. The Kier molecular flexibility index (Phi) is 6.85. The Morgan fingerprint density at radius 1 is 0.889 bits per heavy atom. The van der Waals surface area contributed by atoms with Gasteiger partial charge in [0, 0.05) is 26.2 Å². The van der Waals surface area contributed by atoms with Gasteiger partial charge in [-0.15, -0.1) is 0 Å². The lowest BCUT2D eigenvalue weighted by Crippen LogP contribution is -2.50. The van der Waals surface area contributed by atoms with Gasteiger partial charge in [-0.25, -0.2) is 0 Å². The monoisotopic (exact) mass is 484 g/mol. The van der Waals surface area contributed by atoms with E-state index in [1.54, 1.807) is 17.0 Å². The Morgan fingerprint density at radius 3 is 2.22 bits per heavy atom. The molecule has 4 aromatic rings. The number of benzene rings is 2. The van der Waals surface area contributed by atoms with Crippen molar-refractivity contribution in [3.63, 3.8) is 0 Å². The summed E-state index contributed by atoms with van der Waals surface area (Å²) in [7, 11) is 0. The average Bonchev–Trinajstić information content (AvgIpc) is 3.59. The van der Waals surface area contributed by atoms with E-state index in [2.05, 4.69) is 11.1 Å². The number of oxazole rings is 1. The summed E-state index contributed by atoms with van der Waals surface area (Å²) in [6.45, 7) is 2.23. The lowest BCUT2D eigenvalue weighted by Gasteiger charge is -2.34. The fourth-order valence-corrected chi connectivity index (χ4v) is 3.86. The third-order valence-electron chi connectivity index (χ3n) is 5.74. The number of aromatic nitrogens is 1. The first-order valence-corrected chi connectivity index (χ1v) is 11.6. The minimum Gasteiger partial charge on any atom is -0.486 e. The predicted octanol–water partition coefficient (Wildman–Crippen LogP) is 4.11. The van der Waals surface area contributed by atoms with Crippen molar-refractivity contribution < 1.29 is 23.1 Å². The Labute approximate surface area is 208 Å². The van der Waals surface area contributed by atoms with Gasteiger partial charge in [-0.2, -0.15) is 10.2 Å². The van der Waals surface area contributed by atoms with Gasteiger partial charge >= 0.3 is 0 Å². The smallest absolute Gasteiger partial charge is 0.266 e. The first kappa shape index (κ1) is 23.1. The molecule has 0 unspecified atom stereocenters. The highest BCUT2D eigenvalue weighted by molar-refractivity contribution is 5.78. The summed E-state index contributed by atoms with van der Waals surface area (Å²) in [5, 5.41) is 9.61. The number of furan rings is 1. The van der Waals surface area contributed by atoms with Gasteiger partial charge in [-0.1, -0.05) is 36.4 Å².